The van der Waals surface area contributed by atoms with Gasteiger partial charge in [-0.3, -0.25) is 19.7 Å². The van der Waals surface area contributed by atoms with Crippen LogP contribution in [0.4, 0.5) is 5.69 Å². The van der Waals surface area contributed by atoms with Crippen molar-refractivity contribution in [2.75, 3.05) is 18.9 Å². The fourth-order valence-electron chi connectivity index (χ4n) is 5.65. The molecule has 0 radical (unpaired) electrons. The van der Waals surface area contributed by atoms with Gasteiger partial charge < -0.3 is 19.9 Å². The Morgan fingerprint density at radius 3 is 2.29 bits per heavy atom. The first-order valence-corrected chi connectivity index (χ1v) is 15.3. The molecule has 45 heavy (non-hydrogen) atoms. The lowest BCUT2D eigenvalue weighted by Gasteiger charge is -2.39. The number of carbonyl (C=O) groups excluding carboxylic acids is 2. The highest BCUT2D eigenvalue weighted by atomic mass is 16.7. The molecular formula is C36H41N3O6. The van der Waals surface area contributed by atoms with Gasteiger partial charge in [-0.25, -0.2) is 5.48 Å². The van der Waals surface area contributed by atoms with E-state index >= 15 is 0 Å². The van der Waals surface area contributed by atoms with Crippen molar-refractivity contribution >= 4 is 28.3 Å². The lowest BCUT2D eigenvalue weighted by Crippen LogP contribution is -2.38. The van der Waals surface area contributed by atoms with E-state index in [-0.39, 0.29) is 43.6 Å². The molecule has 0 spiro atoms. The second-order valence-corrected chi connectivity index (χ2v) is 11.6. The van der Waals surface area contributed by atoms with Crippen LogP contribution in [-0.4, -0.2) is 46.7 Å². The fourth-order valence-corrected chi connectivity index (χ4v) is 5.65. The van der Waals surface area contributed by atoms with Crippen LogP contribution in [0.2, 0.25) is 0 Å². The van der Waals surface area contributed by atoms with Crippen molar-refractivity contribution in [1.29, 1.82) is 0 Å². The number of hydroxylamine groups is 1. The quantitative estimate of drug-likeness (QED) is 0.111. The van der Waals surface area contributed by atoms with E-state index in [1.54, 1.807) is 5.48 Å². The van der Waals surface area contributed by atoms with Crippen molar-refractivity contribution in [2.24, 2.45) is 0 Å². The zero-order valence-corrected chi connectivity index (χ0v) is 25.7. The first kappa shape index (κ1) is 32.3. The number of fused-ring (bicyclic) bond motifs is 1. The number of ether oxygens (including phenoxy) is 2. The summed E-state index contributed by atoms with van der Waals surface area (Å²) in [5.41, 5.74) is 6.14. The molecular weight excluding hydrogens is 570 g/mol. The van der Waals surface area contributed by atoms with Crippen LogP contribution in [0, 0.1) is 0 Å². The van der Waals surface area contributed by atoms with Gasteiger partial charge in [-0.1, -0.05) is 72.8 Å². The third-order valence-corrected chi connectivity index (χ3v) is 8.42. The van der Waals surface area contributed by atoms with Gasteiger partial charge in [-0.2, -0.15) is 0 Å². The molecule has 2 amide bonds. The fraction of sp³-hybridized carbons (Fsp3) is 0.333. The number of hydrogen-bond donors (Lipinski definition) is 4. The minimum atomic E-state index is -0.614. The molecule has 0 bridgehead atoms. The Morgan fingerprint density at radius 2 is 1.58 bits per heavy atom. The summed E-state index contributed by atoms with van der Waals surface area (Å²) in [6.07, 6.45) is 0.296. The van der Waals surface area contributed by atoms with Crippen molar-refractivity contribution in [3.05, 3.63) is 113 Å². The minimum Gasteiger partial charge on any atom is -0.392 e. The van der Waals surface area contributed by atoms with Gasteiger partial charge in [0.05, 0.1) is 18.8 Å². The third kappa shape index (κ3) is 8.54. The van der Waals surface area contributed by atoms with Gasteiger partial charge in [0.25, 0.3) is 0 Å². The maximum absolute atomic E-state index is 12.3. The Morgan fingerprint density at radius 1 is 0.889 bits per heavy atom. The number of anilines is 1. The van der Waals surface area contributed by atoms with Gasteiger partial charge in [0.2, 0.25) is 11.8 Å². The number of aliphatic hydroxyl groups excluding tert-OH is 1. The van der Waals surface area contributed by atoms with Crippen LogP contribution in [0.1, 0.15) is 73.3 Å². The van der Waals surface area contributed by atoms with E-state index in [9.17, 15) is 14.7 Å². The molecule has 1 aliphatic heterocycles. The monoisotopic (exact) mass is 611 g/mol. The van der Waals surface area contributed by atoms with Crippen molar-refractivity contribution in [1.82, 2.24) is 10.4 Å². The predicted molar refractivity (Wildman–Crippen MR) is 172 cm³/mol. The van der Waals surface area contributed by atoms with Crippen LogP contribution in [0.25, 0.3) is 10.8 Å². The Balaban J connectivity index is 1.28. The highest BCUT2D eigenvalue weighted by Gasteiger charge is 2.33. The number of nitrogens with one attached hydrogen (secondary N) is 2. The Hall–Kier alpha value is -4.12. The Labute approximate surface area is 263 Å². The summed E-state index contributed by atoms with van der Waals surface area (Å²) in [7, 11) is 2.12. The van der Waals surface area contributed by atoms with E-state index in [4.69, 9.17) is 14.7 Å². The van der Waals surface area contributed by atoms with Crippen LogP contribution in [0.3, 0.4) is 0 Å². The van der Waals surface area contributed by atoms with Crippen LogP contribution < -0.4 is 10.8 Å². The summed E-state index contributed by atoms with van der Waals surface area (Å²) >= 11 is 0. The van der Waals surface area contributed by atoms with Gasteiger partial charge in [-0.15, -0.1) is 0 Å². The van der Waals surface area contributed by atoms with Gasteiger partial charge in [0, 0.05) is 43.1 Å². The number of aliphatic hydroxyl groups is 1. The highest BCUT2D eigenvalue weighted by Crippen LogP contribution is 2.39. The van der Waals surface area contributed by atoms with Gasteiger partial charge in [0.1, 0.15) is 0 Å². The topological polar surface area (TPSA) is 120 Å². The zero-order valence-electron chi connectivity index (χ0n) is 25.7. The molecule has 5 rings (SSSR count). The molecule has 9 heteroatoms. The maximum Gasteiger partial charge on any atom is 0.243 e. The largest absolute Gasteiger partial charge is 0.392 e. The normalized spacial score (nSPS) is 18.9. The Bertz CT molecular complexity index is 1580. The second-order valence-electron chi connectivity index (χ2n) is 11.6. The molecule has 1 saturated heterocycles. The number of nitrogens with zero attached hydrogens (tertiary/aromatic N) is 1. The molecule has 1 heterocycles. The minimum absolute atomic E-state index is 0.0154. The number of likely N-dealkylation sites (N-methyl/N-ethyl adjacent to an activating group) is 1. The average Bonchev–Trinajstić information content (AvgIpc) is 3.07. The lowest BCUT2D eigenvalue weighted by molar-refractivity contribution is -0.253. The molecule has 0 aliphatic carbocycles. The number of amides is 2. The van der Waals surface area contributed by atoms with Gasteiger partial charge >= 0.3 is 0 Å². The molecule has 9 nitrogen and oxygen atoms in total. The van der Waals surface area contributed by atoms with Crippen molar-refractivity contribution in [3.8, 4) is 0 Å². The standard InChI is InChI=1S/C36H41N3O6/c1-24(29-15-14-26-6-3-4-7-30(26)20-29)39(2)22-32-21-33(27-12-10-25(23-40)11-13-27)45-36(44-32)28-16-18-31(19-17-28)37-34(41)8-5-9-35(42)38-43/h3-4,6-7,10-20,24,32-33,36,40,43H,5,8-9,21-23H2,1-2H3,(H,37,41)(H,38,42)/t24-,32-,33+,36+/m1/s1. The first-order chi connectivity index (χ1) is 21.8. The highest BCUT2D eigenvalue weighted by molar-refractivity contribution is 5.91. The summed E-state index contributed by atoms with van der Waals surface area (Å²) in [6.45, 7) is 2.89. The van der Waals surface area contributed by atoms with Crippen molar-refractivity contribution in [3.63, 3.8) is 0 Å². The van der Waals surface area contributed by atoms with Crippen molar-refractivity contribution < 1.29 is 29.4 Å². The van der Waals surface area contributed by atoms with Crippen LogP contribution in [-0.2, 0) is 25.7 Å². The molecule has 4 N–H and O–H groups in total. The predicted octanol–water partition coefficient (Wildman–Crippen LogP) is 6.18. The van der Waals surface area contributed by atoms with Crippen LogP contribution >= 0.6 is 0 Å². The van der Waals surface area contributed by atoms with E-state index in [0.29, 0.717) is 25.1 Å². The van der Waals surface area contributed by atoms with E-state index in [2.05, 4.69) is 66.7 Å². The second kappa shape index (κ2) is 15.2. The Kier molecular flexibility index (Phi) is 10.9. The molecule has 4 atom stereocenters. The summed E-state index contributed by atoms with van der Waals surface area (Å²) < 4.78 is 13.0. The van der Waals surface area contributed by atoms with E-state index in [0.717, 1.165) is 16.7 Å². The summed E-state index contributed by atoms with van der Waals surface area (Å²) in [6, 6.07) is 30.4. The number of benzene rings is 4. The summed E-state index contributed by atoms with van der Waals surface area (Å²) in [4.78, 5) is 25.8. The third-order valence-electron chi connectivity index (χ3n) is 8.42. The van der Waals surface area contributed by atoms with Gasteiger partial charge in [0.15, 0.2) is 6.29 Å². The SMILES string of the molecule is C[C@H](c1ccc2ccccc2c1)N(C)C[C@H]1C[C@@H](c2ccc(CO)cc2)O[C@@H](c2ccc(NC(=O)CCCC(=O)NO)cc2)O1. The first-order valence-electron chi connectivity index (χ1n) is 15.3. The number of hydrogen-bond acceptors (Lipinski definition) is 7. The van der Waals surface area contributed by atoms with E-state index in [1.165, 1.54) is 16.3 Å². The average molecular weight is 612 g/mol. The molecule has 0 unspecified atom stereocenters. The molecule has 236 valence electrons. The van der Waals surface area contributed by atoms with E-state index < -0.39 is 12.2 Å². The molecule has 4 aromatic carbocycles. The summed E-state index contributed by atoms with van der Waals surface area (Å²) in [5, 5.41) is 23.4. The molecule has 1 aliphatic rings. The maximum atomic E-state index is 12.3. The number of carbonyl (C=O) groups is 2. The van der Waals surface area contributed by atoms with Crippen LogP contribution in [0.15, 0.2) is 91.0 Å². The smallest absolute Gasteiger partial charge is 0.243 e. The lowest BCUT2D eigenvalue weighted by atomic mass is 9.98. The molecule has 0 saturated carbocycles. The number of rotatable bonds is 12. The summed E-state index contributed by atoms with van der Waals surface area (Å²) in [5.74, 6) is -0.733. The molecule has 4 aromatic rings. The van der Waals surface area contributed by atoms with Crippen molar-refractivity contribution in [2.45, 2.75) is 63.8 Å². The van der Waals surface area contributed by atoms with E-state index in [1.807, 2.05) is 48.5 Å². The molecule has 1 fully saturated rings. The zero-order chi connectivity index (χ0) is 31.8. The van der Waals surface area contributed by atoms with Gasteiger partial charge in [-0.05, 0) is 66.1 Å². The van der Waals surface area contributed by atoms with Crippen LogP contribution in [0.5, 0.6) is 0 Å². The molecule has 0 aromatic heterocycles.